The summed E-state index contributed by atoms with van der Waals surface area (Å²) >= 11 is 1.32. The minimum absolute atomic E-state index is 0.0522. The summed E-state index contributed by atoms with van der Waals surface area (Å²) in [6, 6.07) is 7.36. The highest BCUT2D eigenvalue weighted by atomic mass is 32.2. The van der Waals surface area contributed by atoms with Crippen molar-refractivity contribution in [3.8, 4) is 17.0 Å². The van der Waals surface area contributed by atoms with Gasteiger partial charge in [-0.2, -0.15) is 9.97 Å². The first-order chi connectivity index (χ1) is 15.6. The van der Waals surface area contributed by atoms with Crippen molar-refractivity contribution >= 4 is 17.7 Å². The van der Waals surface area contributed by atoms with Crippen LogP contribution in [0.2, 0.25) is 0 Å². The minimum atomic E-state index is -0.0522. The molecule has 2 aromatic heterocycles. The molecule has 10 heteroatoms. The van der Waals surface area contributed by atoms with Crippen LogP contribution in [0.15, 0.2) is 40.8 Å². The molecular formula is C22H27N7O2S. The third-order valence-electron chi connectivity index (χ3n) is 5.29. The summed E-state index contributed by atoms with van der Waals surface area (Å²) in [5, 5.41) is 10.6. The molecule has 1 N–H and O–H groups in total. The molecule has 0 atom stereocenters. The number of anilines is 1. The van der Waals surface area contributed by atoms with Crippen molar-refractivity contribution in [1.29, 1.82) is 0 Å². The van der Waals surface area contributed by atoms with Crippen molar-refractivity contribution in [2.24, 2.45) is 0 Å². The topological polar surface area (TPSA) is 100 Å². The second-order valence-corrected chi connectivity index (χ2v) is 8.43. The largest absolute Gasteiger partial charge is 0.496 e. The summed E-state index contributed by atoms with van der Waals surface area (Å²) in [5.41, 5.74) is 2.29. The van der Waals surface area contributed by atoms with Gasteiger partial charge in [-0.05, 0) is 42.6 Å². The van der Waals surface area contributed by atoms with Crippen molar-refractivity contribution < 1.29 is 9.84 Å². The van der Waals surface area contributed by atoms with Gasteiger partial charge in [0, 0.05) is 44.4 Å². The molecule has 1 fully saturated rings. The van der Waals surface area contributed by atoms with E-state index in [4.69, 9.17) is 14.7 Å². The molecule has 1 aliphatic heterocycles. The lowest BCUT2D eigenvalue weighted by Gasteiger charge is -2.32. The Kier molecular flexibility index (Phi) is 7.13. The van der Waals surface area contributed by atoms with Crippen molar-refractivity contribution in [1.82, 2.24) is 29.8 Å². The first kappa shape index (κ1) is 22.4. The molecule has 9 nitrogen and oxygen atoms in total. The van der Waals surface area contributed by atoms with Crippen LogP contribution in [0, 0.1) is 0 Å². The van der Waals surface area contributed by atoms with Crippen LogP contribution in [0.25, 0.3) is 11.3 Å². The van der Waals surface area contributed by atoms with Crippen LogP contribution in [-0.4, -0.2) is 75.3 Å². The molecule has 0 amide bonds. The summed E-state index contributed by atoms with van der Waals surface area (Å²) < 4.78 is 5.49. The van der Waals surface area contributed by atoms with E-state index in [2.05, 4.69) is 31.8 Å². The number of hydrogen-bond acceptors (Lipinski definition) is 10. The Bertz CT molecular complexity index is 1070. The van der Waals surface area contributed by atoms with Gasteiger partial charge in [0.15, 0.2) is 5.16 Å². The fourth-order valence-electron chi connectivity index (χ4n) is 3.41. The number of aliphatic hydroxyl groups is 1. The number of hydrogen-bond donors (Lipinski definition) is 1. The van der Waals surface area contributed by atoms with Crippen molar-refractivity contribution in [3.63, 3.8) is 0 Å². The number of rotatable bonds is 7. The highest BCUT2D eigenvalue weighted by Gasteiger charge is 2.19. The molecule has 0 unspecified atom stereocenters. The average Bonchev–Trinajstić information content (AvgIpc) is 2.84. The predicted octanol–water partition coefficient (Wildman–Crippen LogP) is 2.29. The number of benzene rings is 1. The van der Waals surface area contributed by atoms with Gasteiger partial charge in [0.2, 0.25) is 11.1 Å². The maximum atomic E-state index is 9.51. The molecule has 4 rings (SSSR count). The van der Waals surface area contributed by atoms with Crippen molar-refractivity contribution in [2.45, 2.75) is 30.3 Å². The lowest BCUT2D eigenvalue weighted by Crippen LogP contribution is -2.45. The fourth-order valence-corrected chi connectivity index (χ4v) is 4.11. The first-order valence-corrected chi connectivity index (χ1v) is 11.4. The Morgan fingerprint density at radius 3 is 2.56 bits per heavy atom. The SMILES string of the molecule is CCc1nc(Sc2nccc(-c3cc(CO)ccc3OC)n2)nc(N2CCN(C)CC2)n1. The van der Waals surface area contributed by atoms with E-state index in [1.54, 1.807) is 13.3 Å². The molecule has 0 spiro atoms. The van der Waals surface area contributed by atoms with Crippen molar-refractivity contribution in [2.75, 3.05) is 45.2 Å². The van der Waals surface area contributed by atoms with Gasteiger partial charge in [0.1, 0.15) is 11.6 Å². The van der Waals surface area contributed by atoms with E-state index in [0.717, 1.165) is 49.6 Å². The monoisotopic (exact) mass is 453 g/mol. The Morgan fingerprint density at radius 1 is 1.03 bits per heavy atom. The number of piperazine rings is 1. The van der Waals surface area contributed by atoms with Gasteiger partial charge < -0.3 is 19.6 Å². The van der Waals surface area contributed by atoms with E-state index >= 15 is 0 Å². The van der Waals surface area contributed by atoms with Crippen LogP contribution in [0.5, 0.6) is 5.75 Å². The highest BCUT2D eigenvalue weighted by molar-refractivity contribution is 7.99. The van der Waals surface area contributed by atoms with E-state index < -0.39 is 0 Å². The summed E-state index contributed by atoms with van der Waals surface area (Å²) in [6.45, 7) is 5.73. The van der Waals surface area contributed by atoms with E-state index in [0.29, 0.717) is 27.7 Å². The molecule has 0 radical (unpaired) electrons. The lowest BCUT2D eigenvalue weighted by atomic mass is 10.1. The Hall–Kier alpha value is -2.82. The smallest absolute Gasteiger partial charge is 0.229 e. The van der Waals surface area contributed by atoms with Gasteiger partial charge in [-0.25, -0.2) is 15.0 Å². The number of aliphatic hydroxyl groups excluding tert-OH is 1. The third kappa shape index (κ3) is 5.14. The predicted molar refractivity (Wildman–Crippen MR) is 123 cm³/mol. The minimum Gasteiger partial charge on any atom is -0.496 e. The highest BCUT2D eigenvalue weighted by Crippen LogP contribution is 2.31. The molecule has 1 aliphatic rings. The van der Waals surface area contributed by atoms with Crippen LogP contribution in [0.3, 0.4) is 0 Å². The van der Waals surface area contributed by atoms with Crippen molar-refractivity contribution in [3.05, 3.63) is 41.9 Å². The number of likely N-dealkylation sites (N-methyl/N-ethyl adjacent to an activating group) is 1. The van der Waals surface area contributed by atoms with Gasteiger partial charge in [-0.15, -0.1) is 0 Å². The number of aromatic nitrogens is 5. The number of methoxy groups -OCH3 is 1. The van der Waals surface area contributed by atoms with Crippen LogP contribution in [-0.2, 0) is 13.0 Å². The quantitative estimate of drug-likeness (QED) is 0.536. The second-order valence-electron chi connectivity index (χ2n) is 7.50. The second kappa shape index (κ2) is 10.2. The van der Waals surface area contributed by atoms with Crippen LogP contribution in [0.1, 0.15) is 18.3 Å². The van der Waals surface area contributed by atoms with E-state index in [-0.39, 0.29) is 6.61 Å². The molecule has 3 aromatic rings. The summed E-state index contributed by atoms with van der Waals surface area (Å²) in [7, 11) is 3.74. The summed E-state index contributed by atoms with van der Waals surface area (Å²) in [4.78, 5) is 27.5. The Labute approximate surface area is 191 Å². The standard InChI is InChI=1S/C22H27N7O2S/c1-4-19-25-20(29-11-9-28(2)10-12-29)27-22(26-19)32-21-23-8-7-17(24-21)16-13-15(14-30)5-6-18(16)31-3/h5-8,13,30H,4,9-12,14H2,1-3H3. The van der Waals surface area contributed by atoms with E-state index in [9.17, 15) is 5.11 Å². The maximum Gasteiger partial charge on any atom is 0.229 e. The van der Waals surface area contributed by atoms with Crippen LogP contribution >= 0.6 is 11.8 Å². The van der Waals surface area contributed by atoms with E-state index in [1.807, 2.05) is 31.2 Å². The molecule has 168 valence electrons. The third-order valence-corrected chi connectivity index (χ3v) is 6.03. The Morgan fingerprint density at radius 2 is 1.84 bits per heavy atom. The molecule has 32 heavy (non-hydrogen) atoms. The molecule has 3 heterocycles. The zero-order valence-electron chi connectivity index (χ0n) is 18.5. The summed E-state index contributed by atoms with van der Waals surface area (Å²) in [5.74, 6) is 2.15. The first-order valence-electron chi connectivity index (χ1n) is 10.6. The Balaban J connectivity index is 1.62. The molecule has 1 saturated heterocycles. The molecule has 0 saturated carbocycles. The number of aryl methyl sites for hydroxylation is 1. The number of ether oxygens (including phenoxy) is 1. The van der Waals surface area contributed by atoms with Gasteiger partial charge in [-0.1, -0.05) is 13.0 Å². The zero-order valence-corrected chi connectivity index (χ0v) is 19.3. The normalized spacial score (nSPS) is 14.6. The molecule has 1 aromatic carbocycles. The van der Waals surface area contributed by atoms with E-state index in [1.165, 1.54) is 11.8 Å². The number of nitrogens with zero attached hydrogens (tertiary/aromatic N) is 7. The zero-order chi connectivity index (χ0) is 22.5. The van der Waals surface area contributed by atoms with Gasteiger partial charge >= 0.3 is 0 Å². The van der Waals surface area contributed by atoms with Crippen LogP contribution in [0.4, 0.5) is 5.95 Å². The van der Waals surface area contributed by atoms with Gasteiger partial charge in [0.05, 0.1) is 19.4 Å². The van der Waals surface area contributed by atoms with Crippen LogP contribution < -0.4 is 9.64 Å². The fraction of sp³-hybridized carbons (Fsp3) is 0.409. The molecule has 0 bridgehead atoms. The average molecular weight is 454 g/mol. The van der Waals surface area contributed by atoms with Gasteiger partial charge in [-0.3, -0.25) is 0 Å². The lowest BCUT2D eigenvalue weighted by molar-refractivity contribution is 0.281. The molecular weight excluding hydrogens is 426 g/mol. The maximum absolute atomic E-state index is 9.51. The summed E-state index contributed by atoms with van der Waals surface area (Å²) in [6.07, 6.45) is 2.43. The van der Waals surface area contributed by atoms with Gasteiger partial charge in [0.25, 0.3) is 0 Å². The molecule has 0 aliphatic carbocycles.